The Hall–Kier alpha value is -2.30. The Balaban J connectivity index is 2.10. The van der Waals surface area contributed by atoms with Gasteiger partial charge in [0.2, 0.25) is 5.78 Å². The van der Waals surface area contributed by atoms with Crippen LogP contribution in [0, 0.1) is 12.3 Å². The van der Waals surface area contributed by atoms with Crippen molar-refractivity contribution in [2.24, 2.45) is 5.41 Å². The zero-order valence-electron chi connectivity index (χ0n) is 15.3. The number of furan rings is 1. The van der Waals surface area contributed by atoms with E-state index < -0.39 is 0 Å². The number of hydrogen-bond donors (Lipinski definition) is 1. The predicted octanol–water partition coefficient (Wildman–Crippen LogP) is 4.92. The second-order valence-electron chi connectivity index (χ2n) is 8.27. The van der Waals surface area contributed by atoms with E-state index in [0.717, 1.165) is 29.4 Å². The number of nitrogens with one attached hydrogen (secondary N) is 1. The van der Waals surface area contributed by atoms with E-state index >= 15 is 0 Å². The summed E-state index contributed by atoms with van der Waals surface area (Å²) in [4.78, 5) is 9.23. The van der Waals surface area contributed by atoms with E-state index in [0.29, 0.717) is 5.78 Å². The van der Waals surface area contributed by atoms with Crippen LogP contribution in [0.3, 0.4) is 0 Å². The Morgan fingerprint density at radius 3 is 2.50 bits per heavy atom. The molecule has 0 atom stereocenters. The lowest BCUT2D eigenvalue weighted by molar-refractivity contribution is 0.302. The number of hydrogen-bond acceptors (Lipinski definition) is 4. The highest BCUT2D eigenvalue weighted by Gasteiger charge is 2.28. The maximum atomic E-state index is 5.59. The van der Waals surface area contributed by atoms with Gasteiger partial charge in [-0.15, -0.1) is 0 Å². The molecule has 0 radical (unpaired) electrons. The van der Waals surface area contributed by atoms with E-state index in [-0.39, 0.29) is 11.0 Å². The first-order valence-electron chi connectivity index (χ1n) is 8.32. The van der Waals surface area contributed by atoms with Gasteiger partial charge in [0, 0.05) is 17.4 Å². The van der Waals surface area contributed by atoms with Gasteiger partial charge in [-0.1, -0.05) is 20.8 Å². The molecule has 1 N–H and O–H groups in total. The zero-order valence-corrected chi connectivity index (χ0v) is 15.3. The van der Waals surface area contributed by atoms with Gasteiger partial charge in [-0.3, -0.25) is 4.40 Å². The van der Waals surface area contributed by atoms with Gasteiger partial charge in [0.25, 0.3) is 0 Å². The number of aryl methyl sites for hydroxylation is 1. The Labute approximate surface area is 143 Å². The highest BCUT2D eigenvalue weighted by Crippen LogP contribution is 2.34. The first kappa shape index (κ1) is 16.6. The van der Waals surface area contributed by atoms with Crippen molar-refractivity contribution in [2.75, 3.05) is 5.32 Å². The van der Waals surface area contributed by atoms with E-state index in [1.165, 1.54) is 0 Å². The van der Waals surface area contributed by atoms with Crippen molar-refractivity contribution >= 4 is 11.6 Å². The molecule has 5 heteroatoms. The van der Waals surface area contributed by atoms with Crippen molar-refractivity contribution in [3.05, 3.63) is 36.4 Å². The van der Waals surface area contributed by atoms with Gasteiger partial charge in [-0.25, -0.2) is 9.97 Å². The van der Waals surface area contributed by atoms with Gasteiger partial charge in [0.1, 0.15) is 5.82 Å². The molecule has 3 rings (SSSR count). The SMILES string of the molecule is Cc1ccn2c(NC(C)(C)CC(C)(C)C)c(-c3ccco3)nc2n1. The summed E-state index contributed by atoms with van der Waals surface area (Å²) < 4.78 is 7.59. The van der Waals surface area contributed by atoms with E-state index in [2.05, 4.69) is 44.9 Å². The summed E-state index contributed by atoms with van der Waals surface area (Å²) in [5.74, 6) is 2.34. The average Bonchev–Trinajstić information content (AvgIpc) is 3.03. The van der Waals surface area contributed by atoms with Crippen LogP contribution >= 0.6 is 0 Å². The van der Waals surface area contributed by atoms with Crippen LogP contribution in [-0.4, -0.2) is 19.9 Å². The lowest BCUT2D eigenvalue weighted by Crippen LogP contribution is -2.36. The van der Waals surface area contributed by atoms with Crippen LogP contribution in [-0.2, 0) is 0 Å². The number of anilines is 1. The van der Waals surface area contributed by atoms with Gasteiger partial charge < -0.3 is 9.73 Å². The molecule has 0 spiro atoms. The Morgan fingerprint density at radius 1 is 1.12 bits per heavy atom. The molecule has 3 heterocycles. The first-order chi connectivity index (χ1) is 11.1. The lowest BCUT2D eigenvalue weighted by Gasteiger charge is -2.34. The van der Waals surface area contributed by atoms with E-state index in [1.807, 2.05) is 35.7 Å². The number of aromatic nitrogens is 3. The number of imidazole rings is 1. The molecule has 0 aliphatic heterocycles. The summed E-state index contributed by atoms with van der Waals surface area (Å²) in [6.07, 6.45) is 4.69. The standard InChI is InChI=1S/C19H26N4O/c1-13-9-10-23-16(22-19(5,6)12-18(2,3)4)15(21-17(23)20-13)14-8-7-11-24-14/h7-11,22H,12H2,1-6H3. The molecule has 3 aromatic heterocycles. The highest BCUT2D eigenvalue weighted by molar-refractivity contribution is 5.72. The normalized spacial score (nSPS) is 12.8. The average molecular weight is 326 g/mol. The van der Waals surface area contributed by atoms with Crippen molar-refractivity contribution in [3.8, 4) is 11.5 Å². The molecule has 0 unspecified atom stereocenters. The minimum atomic E-state index is -0.0968. The largest absolute Gasteiger partial charge is 0.463 e. The molecule has 0 bridgehead atoms. The smallest absolute Gasteiger partial charge is 0.236 e. The summed E-state index contributed by atoms with van der Waals surface area (Å²) in [5.41, 5.74) is 1.86. The van der Waals surface area contributed by atoms with Crippen LogP contribution in [0.25, 0.3) is 17.2 Å². The number of fused-ring (bicyclic) bond motifs is 1. The topological polar surface area (TPSA) is 55.4 Å². The van der Waals surface area contributed by atoms with Crippen molar-refractivity contribution in [1.29, 1.82) is 0 Å². The molecular weight excluding hydrogens is 300 g/mol. The molecule has 0 saturated carbocycles. The van der Waals surface area contributed by atoms with E-state index in [9.17, 15) is 0 Å². The maximum Gasteiger partial charge on any atom is 0.236 e. The molecule has 5 nitrogen and oxygen atoms in total. The number of nitrogens with zero attached hydrogens (tertiary/aromatic N) is 3. The molecule has 0 amide bonds. The van der Waals surface area contributed by atoms with Crippen molar-refractivity contribution in [2.45, 2.75) is 53.5 Å². The van der Waals surface area contributed by atoms with Gasteiger partial charge in [0.05, 0.1) is 6.26 Å². The molecule has 128 valence electrons. The zero-order chi connectivity index (χ0) is 17.5. The van der Waals surface area contributed by atoms with Crippen LogP contribution in [0.5, 0.6) is 0 Å². The predicted molar refractivity (Wildman–Crippen MR) is 97.2 cm³/mol. The first-order valence-corrected chi connectivity index (χ1v) is 8.32. The Morgan fingerprint density at radius 2 is 1.88 bits per heavy atom. The molecular formula is C19H26N4O. The summed E-state index contributed by atoms with van der Waals surface area (Å²) >= 11 is 0. The van der Waals surface area contributed by atoms with E-state index in [4.69, 9.17) is 9.40 Å². The van der Waals surface area contributed by atoms with Crippen LogP contribution in [0.2, 0.25) is 0 Å². The van der Waals surface area contributed by atoms with Crippen LogP contribution in [0.15, 0.2) is 35.1 Å². The second-order valence-corrected chi connectivity index (χ2v) is 8.27. The fraction of sp³-hybridized carbons (Fsp3) is 0.474. The van der Waals surface area contributed by atoms with Gasteiger partial charge >= 0.3 is 0 Å². The number of rotatable bonds is 4. The summed E-state index contributed by atoms with van der Waals surface area (Å²) in [6.45, 7) is 13.2. The molecule has 24 heavy (non-hydrogen) atoms. The third-order valence-corrected chi connectivity index (χ3v) is 3.82. The monoisotopic (exact) mass is 326 g/mol. The summed E-state index contributed by atoms with van der Waals surface area (Å²) in [7, 11) is 0. The van der Waals surface area contributed by atoms with E-state index in [1.54, 1.807) is 6.26 Å². The molecule has 0 saturated heterocycles. The van der Waals surface area contributed by atoms with Crippen LogP contribution in [0.1, 0.15) is 46.7 Å². The fourth-order valence-electron chi connectivity index (χ4n) is 3.41. The summed E-state index contributed by atoms with van der Waals surface area (Å²) in [6, 6.07) is 5.79. The maximum absolute atomic E-state index is 5.59. The Bertz CT molecular complexity index is 838. The second kappa shape index (κ2) is 5.65. The van der Waals surface area contributed by atoms with Crippen LogP contribution < -0.4 is 5.32 Å². The third kappa shape index (κ3) is 3.45. The van der Waals surface area contributed by atoms with Gasteiger partial charge in [0.15, 0.2) is 11.5 Å². The van der Waals surface area contributed by atoms with Crippen molar-refractivity contribution in [1.82, 2.24) is 14.4 Å². The van der Waals surface area contributed by atoms with Gasteiger partial charge in [-0.05, 0) is 50.8 Å². The third-order valence-electron chi connectivity index (χ3n) is 3.82. The van der Waals surface area contributed by atoms with Crippen molar-refractivity contribution in [3.63, 3.8) is 0 Å². The van der Waals surface area contributed by atoms with Crippen LogP contribution in [0.4, 0.5) is 5.82 Å². The summed E-state index contributed by atoms with van der Waals surface area (Å²) in [5, 5.41) is 3.67. The molecule has 0 fully saturated rings. The van der Waals surface area contributed by atoms with Crippen molar-refractivity contribution < 1.29 is 4.42 Å². The molecule has 0 aliphatic rings. The Kier molecular flexibility index (Phi) is 3.90. The van der Waals surface area contributed by atoms with Gasteiger partial charge in [-0.2, -0.15) is 0 Å². The molecule has 3 aromatic rings. The lowest BCUT2D eigenvalue weighted by atomic mass is 9.82. The molecule has 0 aliphatic carbocycles. The quantitative estimate of drug-likeness (QED) is 0.739. The highest BCUT2D eigenvalue weighted by atomic mass is 16.3. The minimum absolute atomic E-state index is 0.0968. The minimum Gasteiger partial charge on any atom is -0.463 e. The molecule has 0 aromatic carbocycles. The fourth-order valence-corrected chi connectivity index (χ4v) is 3.41.